The number of benzene rings is 2. The third kappa shape index (κ3) is 4.37. The standard InChI is InChI=1S/C20H22FNO3/c21-16-4-3-5-18(14-16)25-17-8-6-15(7-9-17)19(24)22-20(12-13-23)10-1-2-11-20/h3-9,14,23H,1-2,10-13H2,(H,22,24). The molecule has 1 fully saturated rings. The molecule has 3 rings (SSSR count). The number of amides is 1. The molecule has 0 bridgehead atoms. The van der Waals surface area contributed by atoms with Crippen LogP contribution in [0.3, 0.4) is 0 Å². The zero-order valence-electron chi connectivity index (χ0n) is 14.0. The fraction of sp³-hybridized carbons (Fsp3) is 0.350. The van der Waals surface area contributed by atoms with E-state index in [1.54, 1.807) is 36.4 Å². The molecule has 0 spiro atoms. The van der Waals surface area contributed by atoms with Gasteiger partial charge in [-0.2, -0.15) is 0 Å². The third-order valence-corrected chi connectivity index (χ3v) is 4.68. The molecule has 2 aromatic carbocycles. The van der Waals surface area contributed by atoms with E-state index in [1.165, 1.54) is 12.1 Å². The van der Waals surface area contributed by atoms with Crippen LogP contribution in [0.15, 0.2) is 48.5 Å². The first kappa shape index (κ1) is 17.4. The molecule has 0 heterocycles. The van der Waals surface area contributed by atoms with Crippen molar-refractivity contribution in [2.24, 2.45) is 0 Å². The summed E-state index contributed by atoms with van der Waals surface area (Å²) < 4.78 is 18.8. The van der Waals surface area contributed by atoms with E-state index < -0.39 is 0 Å². The summed E-state index contributed by atoms with van der Waals surface area (Å²) in [5, 5.41) is 12.4. The number of aliphatic hydroxyl groups excluding tert-OH is 1. The monoisotopic (exact) mass is 343 g/mol. The van der Waals surface area contributed by atoms with Crippen LogP contribution in [0.1, 0.15) is 42.5 Å². The number of carbonyl (C=O) groups excluding carboxylic acids is 1. The SMILES string of the molecule is O=C(NC1(CCO)CCCC1)c1ccc(Oc2cccc(F)c2)cc1. The Kier molecular flexibility index (Phi) is 5.34. The molecule has 0 radical (unpaired) electrons. The summed E-state index contributed by atoms with van der Waals surface area (Å²) in [7, 11) is 0. The van der Waals surface area contributed by atoms with Gasteiger partial charge in [0.2, 0.25) is 0 Å². The molecule has 1 aliphatic rings. The molecule has 0 aliphatic heterocycles. The highest BCUT2D eigenvalue weighted by molar-refractivity contribution is 5.94. The maximum absolute atomic E-state index is 13.2. The number of ether oxygens (including phenoxy) is 1. The van der Waals surface area contributed by atoms with Crippen LogP contribution < -0.4 is 10.1 Å². The molecule has 1 aliphatic carbocycles. The Balaban J connectivity index is 1.66. The van der Waals surface area contributed by atoms with Gasteiger partial charge in [0.05, 0.1) is 0 Å². The van der Waals surface area contributed by atoms with Crippen molar-refractivity contribution in [1.29, 1.82) is 0 Å². The molecular weight excluding hydrogens is 321 g/mol. The second-order valence-corrected chi connectivity index (χ2v) is 6.50. The molecule has 0 saturated heterocycles. The van der Waals surface area contributed by atoms with Crippen molar-refractivity contribution < 1.29 is 19.0 Å². The van der Waals surface area contributed by atoms with Crippen molar-refractivity contribution >= 4 is 5.91 Å². The molecule has 1 saturated carbocycles. The normalized spacial score (nSPS) is 15.8. The second kappa shape index (κ2) is 7.66. The van der Waals surface area contributed by atoms with Crippen LogP contribution >= 0.6 is 0 Å². The van der Waals surface area contributed by atoms with Crippen LogP contribution in [0.2, 0.25) is 0 Å². The van der Waals surface area contributed by atoms with E-state index in [9.17, 15) is 14.3 Å². The van der Waals surface area contributed by atoms with E-state index in [0.29, 0.717) is 23.5 Å². The van der Waals surface area contributed by atoms with E-state index in [0.717, 1.165) is 25.7 Å². The van der Waals surface area contributed by atoms with Crippen molar-refractivity contribution in [3.8, 4) is 11.5 Å². The number of nitrogens with one attached hydrogen (secondary N) is 1. The molecule has 0 atom stereocenters. The number of carbonyl (C=O) groups is 1. The van der Waals surface area contributed by atoms with Crippen molar-refractivity contribution in [2.45, 2.75) is 37.6 Å². The molecule has 2 aromatic rings. The van der Waals surface area contributed by atoms with Crippen molar-refractivity contribution in [3.63, 3.8) is 0 Å². The predicted octanol–water partition coefficient (Wildman–Crippen LogP) is 4.04. The summed E-state index contributed by atoms with van der Waals surface area (Å²) >= 11 is 0. The quantitative estimate of drug-likeness (QED) is 0.832. The Bertz CT molecular complexity index is 724. The lowest BCUT2D eigenvalue weighted by Crippen LogP contribution is -2.46. The van der Waals surface area contributed by atoms with Gasteiger partial charge in [0.1, 0.15) is 17.3 Å². The smallest absolute Gasteiger partial charge is 0.251 e. The topological polar surface area (TPSA) is 58.6 Å². The van der Waals surface area contributed by atoms with Gasteiger partial charge in [0.15, 0.2) is 0 Å². The lowest BCUT2D eigenvalue weighted by Gasteiger charge is -2.29. The minimum Gasteiger partial charge on any atom is -0.457 e. The summed E-state index contributed by atoms with van der Waals surface area (Å²) in [5.74, 6) is 0.435. The number of rotatable bonds is 6. The van der Waals surface area contributed by atoms with Gasteiger partial charge in [-0.25, -0.2) is 4.39 Å². The van der Waals surface area contributed by atoms with Gasteiger partial charge in [-0.3, -0.25) is 4.79 Å². The van der Waals surface area contributed by atoms with E-state index >= 15 is 0 Å². The van der Waals surface area contributed by atoms with Gasteiger partial charge in [-0.1, -0.05) is 18.9 Å². The van der Waals surface area contributed by atoms with Crippen LogP contribution in [0.4, 0.5) is 4.39 Å². The Morgan fingerprint density at radius 3 is 2.48 bits per heavy atom. The molecule has 0 aromatic heterocycles. The van der Waals surface area contributed by atoms with Gasteiger partial charge in [0.25, 0.3) is 5.91 Å². The predicted molar refractivity (Wildman–Crippen MR) is 93.3 cm³/mol. The van der Waals surface area contributed by atoms with Crippen LogP contribution in [0.5, 0.6) is 11.5 Å². The van der Waals surface area contributed by atoms with Crippen LogP contribution in [-0.4, -0.2) is 23.2 Å². The molecule has 25 heavy (non-hydrogen) atoms. The van der Waals surface area contributed by atoms with Crippen LogP contribution in [-0.2, 0) is 0 Å². The number of hydrogen-bond donors (Lipinski definition) is 2. The minimum absolute atomic E-state index is 0.0701. The van der Waals surface area contributed by atoms with E-state index in [2.05, 4.69) is 5.32 Å². The average molecular weight is 343 g/mol. The summed E-state index contributed by atoms with van der Waals surface area (Å²) in [6.07, 6.45) is 4.53. The molecule has 4 nitrogen and oxygen atoms in total. The van der Waals surface area contributed by atoms with Crippen LogP contribution in [0, 0.1) is 5.82 Å². The minimum atomic E-state index is -0.362. The second-order valence-electron chi connectivity index (χ2n) is 6.50. The Hall–Kier alpha value is -2.40. The fourth-order valence-electron chi connectivity index (χ4n) is 3.36. The molecule has 2 N–H and O–H groups in total. The highest BCUT2D eigenvalue weighted by Gasteiger charge is 2.34. The van der Waals surface area contributed by atoms with Gasteiger partial charge in [-0.05, 0) is 55.7 Å². The molecule has 132 valence electrons. The summed E-state index contributed by atoms with van der Waals surface area (Å²) in [5.41, 5.74) is 0.249. The highest BCUT2D eigenvalue weighted by atomic mass is 19.1. The average Bonchev–Trinajstić information content (AvgIpc) is 3.04. The first-order chi connectivity index (χ1) is 12.1. The summed E-state index contributed by atoms with van der Waals surface area (Å²) in [6.45, 7) is 0.0701. The number of hydrogen-bond acceptors (Lipinski definition) is 3. The molecule has 0 unspecified atom stereocenters. The van der Waals surface area contributed by atoms with Crippen molar-refractivity contribution in [3.05, 3.63) is 59.9 Å². The lowest BCUT2D eigenvalue weighted by atomic mass is 9.93. The fourth-order valence-corrected chi connectivity index (χ4v) is 3.36. The Labute approximate surface area is 146 Å². The maximum Gasteiger partial charge on any atom is 0.251 e. The summed E-state index contributed by atoms with van der Waals surface area (Å²) in [4.78, 5) is 12.5. The van der Waals surface area contributed by atoms with Gasteiger partial charge in [-0.15, -0.1) is 0 Å². The number of halogens is 1. The van der Waals surface area contributed by atoms with Crippen molar-refractivity contribution in [1.82, 2.24) is 5.32 Å². The Morgan fingerprint density at radius 1 is 1.12 bits per heavy atom. The number of aliphatic hydroxyl groups is 1. The summed E-state index contributed by atoms with van der Waals surface area (Å²) in [6, 6.07) is 12.7. The van der Waals surface area contributed by atoms with Gasteiger partial charge < -0.3 is 15.2 Å². The lowest BCUT2D eigenvalue weighted by molar-refractivity contribution is 0.0881. The van der Waals surface area contributed by atoms with Crippen LogP contribution in [0.25, 0.3) is 0 Å². The van der Waals surface area contributed by atoms with E-state index in [1.807, 2.05) is 0 Å². The largest absolute Gasteiger partial charge is 0.457 e. The maximum atomic E-state index is 13.2. The van der Waals surface area contributed by atoms with Crippen molar-refractivity contribution in [2.75, 3.05) is 6.61 Å². The first-order valence-corrected chi connectivity index (χ1v) is 8.57. The molecule has 5 heteroatoms. The zero-order valence-corrected chi connectivity index (χ0v) is 14.0. The highest BCUT2D eigenvalue weighted by Crippen LogP contribution is 2.32. The van der Waals surface area contributed by atoms with Gasteiger partial charge in [0, 0.05) is 23.8 Å². The molecular formula is C20H22FNO3. The van der Waals surface area contributed by atoms with E-state index in [4.69, 9.17) is 4.74 Å². The van der Waals surface area contributed by atoms with Gasteiger partial charge >= 0.3 is 0 Å². The Morgan fingerprint density at radius 2 is 1.84 bits per heavy atom. The third-order valence-electron chi connectivity index (χ3n) is 4.68. The first-order valence-electron chi connectivity index (χ1n) is 8.57. The van der Waals surface area contributed by atoms with E-state index in [-0.39, 0.29) is 23.9 Å². The molecule has 1 amide bonds. The zero-order chi connectivity index (χ0) is 17.7.